The average molecular weight is 431 g/mol. The van der Waals surface area contributed by atoms with E-state index < -0.39 is 17.4 Å². The fourth-order valence-electron chi connectivity index (χ4n) is 3.40. The number of aromatic nitrogens is 4. The summed E-state index contributed by atoms with van der Waals surface area (Å²) in [5, 5.41) is 11.9. The molecule has 0 spiro atoms. The van der Waals surface area contributed by atoms with Crippen LogP contribution in [0.4, 0.5) is 5.69 Å². The molecule has 0 aliphatic rings. The molecule has 0 saturated heterocycles. The molecular weight excluding hydrogens is 410 g/mol. The summed E-state index contributed by atoms with van der Waals surface area (Å²) in [6.07, 6.45) is 1.59. The average Bonchev–Trinajstić information content (AvgIpc) is 3.24. The van der Waals surface area contributed by atoms with Crippen LogP contribution in [0.5, 0.6) is 0 Å². The lowest BCUT2D eigenvalue weighted by molar-refractivity contribution is -0.117. The van der Waals surface area contributed by atoms with Gasteiger partial charge >= 0.3 is 5.97 Å². The van der Waals surface area contributed by atoms with Gasteiger partial charge in [0.2, 0.25) is 5.91 Å². The quantitative estimate of drug-likeness (QED) is 0.470. The van der Waals surface area contributed by atoms with Crippen LogP contribution >= 0.6 is 0 Å². The van der Waals surface area contributed by atoms with E-state index in [1.807, 2.05) is 30.3 Å². The lowest BCUT2D eigenvalue weighted by Gasteiger charge is -2.11. The fourth-order valence-corrected chi connectivity index (χ4v) is 3.40. The molecule has 2 heterocycles. The van der Waals surface area contributed by atoms with Gasteiger partial charge in [0.05, 0.1) is 35.4 Å². The summed E-state index contributed by atoms with van der Waals surface area (Å²) in [5.74, 6) is -1.04. The highest BCUT2D eigenvalue weighted by Crippen LogP contribution is 2.18. The minimum absolute atomic E-state index is 0.217. The molecule has 0 unspecified atom stereocenters. The maximum absolute atomic E-state index is 13.2. The van der Waals surface area contributed by atoms with E-state index in [1.54, 1.807) is 44.3 Å². The van der Waals surface area contributed by atoms with Crippen LogP contribution in [0.1, 0.15) is 23.0 Å². The van der Waals surface area contributed by atoms with Gasteiger partial charge in [-0.2, -0.15) is 10.2 Å². The van der Waals surface area contributed by atoms with Gasteiger partial charge < -0.3 is 10.1 Å². The molecule has 32 heavy (non-hydrogen) atoms. The van der Waals surface area contributed by atoms with E-state index in [2.05, 4.69) is 15.5 Å². The molecule has 9 nitrogen and oxygen atoms in total. The fraction of sp³-hybridized carbons (Fsp3) is 0.174. The Bertz CT molecular complexity index is 1360. The summed E-state index contributed by atoms with van der Waals surface area (Å²) in [7, 11) is 0. The standard InChI is InChI=1S/C23H21N5O4/c1-3-32-23(31)17-11-7-8-12-19(17)25-20(29)14-27-22(30)21-18(15(2)26-27)13-24-28(21)16-9-5-4-6-10-16/h4-13H,3,14H2,1-2H3,(H,25,29). The van der Waals surface area contributed by atoms with Crippen molar-refractivity contribution in [2.75, 3.05) is 11.9 Å². The van der Waals surface area contributed by atoms with Crippen LogP contribution < -0.4 is 10.9 Å². The van der Waals surface area contributed by atoms with Gasteiger partial charge in [0, 0.05) is 5.39 Å². The van der Waals surface area contributed by atoms with E-state index in [9.17, 15) is 14.4 Å². The number of ether oxygens (including phenoxy) is 1. The molecule has 2 aromatic carbocycles. The molecule has 0 radical (unpaired) electrons. The third kappa shape index (κ3) is 4.00. The number of hydrogen-bond donors (Lipinski definition) is 1. The number of amides is 1. The largest absolute Gasteiger partial charge is 0.462 e. The summed E-state index contributed by atoms with van der Waals surface area (Å²) in [6, 6.07) is 15.8. The zero-order valence-electron chi connectivity index (χ0n) is 17.6. The van der Waals surface area contributed by atoms with Gasteiger partial charge in [-0.1, -0.05) is 30.3 Å². The molecule has 0 bridgehead atoms. The van der Waals surface area contributed by atoms with Crippen molar-refractivity contribution < 1.29 is 14.3 Å². The highest BCUT2D eigenvalue weighted by molar-refractivity contribution is 6.01. The molecule has 4 rings (SSSR count). The first-order valence-corrected chi connectivity index (χ1v) is 10.1. The van der Waals surface area contributed by atoms with Crippen molar-refractivity contribution >= 4 is 28.5 Å². The smallest absolute Gasteiger partial charge is 0.340 e. The Morgan fingerprint density at radius 2 is 1.78 bits per heavy atom. The number of esters is 1. The van der Waals surface area contributed by atoms with Crippen molar-refractivity contribution in [3.63, 3.8) is 0 Å². The summed E-state index contributed by atoms with van der Waals surface area (Å²) < 4.78 is 7.67. The molecule has 0 fully saturated rings. The van der Waals surface area contributed by atoms with Crippen molar-refractivity contribution in [2.45, 2.75) is 20.4 Å². The molecule has 1 amide bonds. The van der Waals surface area contributed by atoms with Crippen LogP contribution in [0.3, 0.4) is 0 Å². The van der Waals surface area contributed by atoms with E-state index >= 15 is 0 Å². The summed E-state index contributed by atoms with van der Waals surface area (Å²) in [6.45, 7) is 3.35. The number of para-hydroxylation sites is 2. The van der Waals surface area contributed by atoms with Gasteiger partial charge in [0.15, 0.2) is 0 Å². The van der Waals surface area contributed by atoms with Crippen LogP contribution in [0.15, 0.2) is 65.6 Å². The van der Waals surface area contributed by atoms with Gasteiger partial charge in [0.25, 0.3) is 5.56 Å². The lowest BCUT2D eigenvalue weighted by Crippen LogP contribution is -2.31. The second-order valence-electron chi connectivity index (χ2n) is 7.02. The predicted molar refractivity (Wildman–Crippen MR) is 119 cm³/mol. The number of benzene rings is 2. The van der Waals surface area contributed by atoms with Crippen molar-refractivity contribution in [2.24, 2.45) is 0 Å². The SMILES string of the molecule is CCOC(=O)c1ccccc1NC(=O)Cn1nc(C)c2cnn(-c3ccccc3)c2c1=O. The number of nitrogens with zero attached hydrogens (tertiary/aromatic N) is 4. The number of anilines is 1. The molecule has 9 heteroatoms. The maximum atomic E-state index is 13.2. The van der Waals surface area contributed by atoms with Crippen LogP contribution in [0.25, 0.3) is 16.6 Å². The predicted octanol–water partition coefficient (Wildman–Crippen LogP) is 2.71. The molecule has 0 aliphatic carbocycles. The summed E-state index contributed by atoms with van der Waals surface area (Å²) in [4.78, 5) is 38.0. The second-order valence-corrected chi connectivity index (χ2v) is 7.02. The number of fused-ring (bicyclic) bond motifs is 1. The molecule has 0 saturated carbocycles. The Balaban J connectivity index is 1.66. The number of carbonyl (C=O) groups is 2. The van der Waals surface area contributed by atoms with E-state index in [-0.39, 0.29) is 18.7 Å². The molecular formula is C23H21N5O4. The van der Waals surface area contributed by atoms with Crippen LogP contribution in [-0.2, 0) is 16.1 Å². The van der Waals surface area contributed by atoms with E-state index in [0.29, 0.717) is 22.3 Å². The Morgan fingerprint density at radius 3 is 2.53 bits per heavy atom. The Morgan fingerprint density at radius 1 is 1.06 bits per heavy atom. The lowest BCUT2D eigenvalue weighted by atomic mass is 10.2. The molecule has 0 aliphatic heterocycles. The first kappa shape index (κ1) is 21.0. The Kier molecular flexibility index (Phi) is 5.80. The zero-order chi connectivity index (χ0) is 22.7. The van der Waals surface area contributed by atoms with Gasteiger partial charge in [-0.15, -0.1) is 0 Å². The molecule has 162 valence electrons. The normalized spacial score (nSPS) is 10.8. The number of nitrogens with one attached hydrogen (secondary N) is 1. The minimum Gasteiger partial charge on any atom is -0.462 e. The molecule has 0 atom stereocenters. The third-order valence-electron chi connectivity index (χ3n) is 4.86. The topological polar surface area (TPSA) is 108 Å². The number of aryl methyl sites for hydroxylation is 1. The third-order valence-corrected chi connectivity index (χ3v) is 4.86. The van der Waals surface area contributed by atoms with Gasteiger partial charge in [-0.25, -0.2) is 14.2 Å². The van der Waals surface area contributed by atoms with Crippen molar-refractivity contribution in [1.82, 2.24) is 19.6 Å². The van der Waals surface area contributed by atoms with Crippen molar-refractivity contribution in [1.29, 1.82) is 0 Å². The van der Waals surface area contributed by atoms with Crippen LogP contribution in [0.2, 0.25) is 0 Å². The van der Waals surface area contributed by atoms with Gasteiger partial charge in [-0.3, -0.25) is 9.59 Å². The Hall–Kier alpha value is -4.27. The Labute approximate surface area is 183 Å². The molecule has 1 N–H and O–H groups in total. The van der Waals surface area contributed by atoms with E-state index in [0.717, 1.165) is 10.4 Å². The first-order chi connectivity index (χ1) is 15.5. The highest BCUT2D eigenvalue weighted by Gasteiger charge is 2.18. The van der Waals surface area contributed by atoms with Crippen LogP contribution in [-0.4, -0.2) is 38.0 Å². The maximum Gasteiger partial charge on any atom is 0.340 e. The number of hydrogen-bond acceptors (Lipinski definition) is 6. The summed E-state index contributed by atoms with van der Waals surface area (Å²) in [5.41, 5.74) is 1.73. The number of rotatable bonds is 6. The van der Waals surface area contributed by atoms with Gasteiger partial charge in [-0.05, 0) is 38.1 Å². The monoisotopic (exact) mass is 431 g/mol. The summed E-state index contributed by atoms with van der Waals surface area (Å²) >= 11 is 0. The first-order valence-electron chi connectivity index (χ1n) is 10.1. The minimum atomic E-state index is -0.539. The highest BCUT2D eigenvalue weighted by atomic mass is 16.5. The second kappa shape index (κ2) is 8.84. The number of carbonyl (C=O) groups excluding carboxylic acids is 2. The zero-order valence-corrected chi connectivity index (χ0v) is 17.6. The van der Waals surface area contributed by atoms with Crippen molar-refractivity contribution in [3.05, 3.63) is 82.4 Å². The van der Waals surface area contributed by atoms with E-state index in [4.69, 9.17) is 4.74 Å². The molecule has 2 aromatic heterocycles. The van der Waals surface area contributed by atoms with E-state index in [1.165, 1.54) is 4.68 Å². The van der Waals surface area contributed by atoms with Gasteiger partial charge in [0.1, 0.15) is 12.1 Å². The van der Waals surface area contributed by atoms with Crippen molar-refractivity contribution in [3.8, 4) is 5.69 Å². The molecule has 4 aromatic rings. The van der Waals surface area contributed by atoms with Crippen LogP contribution in [0, 0.1) is 6.92 Å².